The van der Waals surface area contributed by atoms with Gasteiger partial charge in [0, 0.05) is 25.7 Å². The molecule has 4 N–H and O–H groups in total. The maximum Gasteiger partial charge on any atom is 0.240 e. The number of benzene rings is 4. The average Bonchev–Trinajstić information content (AvgIpc) is 3.15. The first-order valence-electron chi connectivity index (χ1n) is 14.7. The third-order valence-electron chi connectivity index (χ3n) is 7.90. The van der Waals surface area contributed by atoms with E-state index in [4.69, 9.17) is 5.73 Å². The van der Waals surface area contributed by atoms with Crippen molar-refractivity contribution in [3.8, 4) is 11.1 Å². The van der Waals surface area contributed by atoms with Gasteiger partial charge in [-0.25, -0.2) is 0 Å². The van der Waals surface area contributed by atoms with E-state index in [1.165, 1.54) is 10.8 Å². The summed E-state index contributed by atoms with van der Waals surface area (Å²) in [4.78, 5) is 28.4. The van der Waals surface area contributed by atoms with E-state index in [-0.39, 0.29) is 23.9 Å². The minimum Gasteiger partial charge on any atom is -0.354 e. The molecule has 2 atom stereocenters. The Labute approximate surface area is 242 Å². The summed E-state index contributed by atoms with van der Waals surface area (Å²) in [5.74, 6) is 0.116. The number of hydrogen-bond acceptors (Lipinski definition) is 4. The number of nitrogens with two attached hydrogens (primary N) is 1. The molecular formula is C35H40N4O2. The van der Waals surface area contributed by atoms with E-state index < -0.39 is 0 Å². The highest BCUT2D eigenvalue weighted by Gasteiger charge is 2.30. The molecule has 1 heterocycles. The number of amides is 2. The zero-order valence-electron chi connectivity index (χ0n) is 23.6. The van der Waals surface area contributed by atoms with E-state index in [1.807, 2.05) is 47.4 Å². The highest BCUT2D eigenvalue weighted by molar-refractivity contribution is 5.84. The van der Waals surface area contributed by atoms with Crippen LogP contribution >= 0.6 is 0 Å². The van der Waals surface area contributed by atoms with E-state index in [9.17, 15) is 9.59 Å². The SMILES string of the molecule is NCCCC[C@H]1N[C@H](CNC(=O)Cc2ccc(-c3ccccc3)cc2)CCN(Cc2ccc3ccccc3c2)C1=O. The Balaban J connectivity index is 1.19. The molecule has 2 amide bonds. The van der Waals surface area contributed by atoms with Crippen LogP contribution in [-0.4, -0.2) is 48.4 Å². The summed E-state index contributed by atoms with van der Waals surface area (Å²) in [6, 6.07) is 32.8. The first kappa shape index (κ1) is 28.5. The summed E-state index contributed by atoms with van der Waals surface area (Å²) in [6.07, 6.45) is 3.62. The van der Waals surface area contributed by atoms with Crippen LogP contribution in [0.4, 0.5) is 0 Å². The minimum atomic E-state index is -0.281. The molecule has 6 nitrogen and oxygen atoms in total. The smallest absolute Gasteiger partial charge is 0.240 e. The number of fused-ring (bicyclic) bond motifs is 1. The van der Waals surface area contributed by atoms with Crippen molar-refractivity contribution in [1.82, 2.24) is 15.5 Å². The van der Waals surface area contributed by atoms with E-state index in [1.54, 1.807) is 0 Å². The number of rotatable bonds is 11. The Morgan fingerprint density at radius 3 is 2.34 bits per heavy atom. The van der Waals surface area contributed by atoms with Crippen LogP contribution in [-0.2, 0) is 22.6 Å². The first-order valence-corrected chi connectivity index (χ1v) is 14.7. The molecule has 0 aromatic heterocycles. The van der Waals surface area contributed by atoms with Crippen LogP contribution in [0.3, 0.4) is 0 Å². The van der Waals surface area contributed by atoms with Gasteiger partial charge in [0.2, 0.25) is 11.8 Å². The molecule has 1 aliphatic heterocycles. The van der Waals surface area contributed by atoms with E-state index in [2.05, 4.69) is 65.2 Å². The number of nitrogens with zero attached hydrogens (tertiary/aromatic N) is 1. The molecule has 0 spiro atoms. The van der Waals surface area contributed by atoms with Gasteiger partial charge in [-0.05, 0) is 64.9 Å². The molecule has 1 saturated heterocycles. The number of nitrogens with one attached hydrogen (secondary N) is 2. The monoisotopic (exact) mass is 548 g/mol. The lowest BCUT2D eigenvalue weighted by atomic mass is 10.0. The van der Waals surface area contributed by atoms with Crippen molar-refractivity contribution in [2.24, 2.45) is 5.73 Å². The van der Waals surface area contributed by atoms with Gasteiger partial charge in [-0.2, -0.15) is 0 Å². The Hall–Kier alpha value is -4.00. The molecule has 0 saturated carbocycles. The van der Waals surface area contributed by atoms with Crippen LogP contribution in [0.2, 0.25) is 0 Å². The highest BCUT2D eigenvalue weighted by Crippen LogP contribution is 2.21. The minimum absolute atomic E-state index is 0.0115. The van der Waals surface area contributed by atoms with E-state index in [0.717, 1.165) is 47.9 Å². The Morgan fingerprint density at radius 2 is 1.56 bits per heavy atom. The second kappa shape index (κ2) is 14.1. The third-order valence-corrected chi connectivity index (χ3v) is 7.90. The van der Waals surface area contributed by atoms with Gasteiger partial charge in [-0.3, -0.25) is 9.59 Å². The molecule has 0 radical (unpaired) electrons. The first-order chi connectivity index (χ1) is 20.1. The molecule has 0 unspecified atom stereocenters. The quantitative estimate of drug-likeness (QED) is 0.229. The van der Waals surface area contributed by atoms with Crippen molar-refractivity contribution in [1.29, 1.82) is 0 Å². The Bertz CT molecular complexity index is 1440. The molecule has 6 heteroatoms. The topological polar surface area (TPSA) is 87.5 Å². The van der Waals surface area contributed by atoms with Crippen molar-refractivity contribution in [3.63, 3.8) is 0 Å². The van der Waals surface area contributed by atoms with Crippen molar-refractivity contribution >= 4 is 22.6 Å². The second-order valence-electron chi connectivity index (χ2n) is 11.0. The van der Waals surface area contributed by atoms with E-state index in [0.29, 0.717) is 32.6 Å². The normalized spacial score (nSPS) is 17.4. The van der Waals surface area contributed by atoms with Crippen LogP contribution in [0.25, 0.3) is 21.9 Å². The molecule has 4 aromatic rings. The molecule has 1 aliphatic rings. The Kier molecular flexibility index (Phi) is 9.78. The fourth-order valence-corrected chi connectivity index (χ4v) is 5.59. The van der Waals surface area contributed by atoms with Gasteiger partial charge in [-0.15, -0.1) is 0 Å². The summed E-state index contributed by atoms with van der Waals surface area (Å²) >= 11 is 0. The Morgan fingerprint density at radius 1 is 0.854 bits per heavy atom. The predicted molar refractivity (Wildman–Crippen MR) is 166 cm³/mol. The van der Waals surface area contributed by atoms with Gasteiger partial charge in [0.15, 0.2) is 0 Å². The van der Waals surface area contributed by atoms with Crippen LogP contribution < -0.4 is 16.4 Å². The van der Waals surface area contributed by atoms with Crippen LogP contribution in [0, 0.1) is 0 Å². The average molecular weight is 549 g/mol. The van der Waals surface area contributed by atoms with E-state index >= 15 is 0 Å². The van der Waals surface area contributed by atoms with Crippen molar-refractivity contribution in [2.75, 3.05) is 19.6 Å². The highest BCUT2D eigenvalue weighted by atomic mass is 16.2. The molecule has 0 aliphatic carbocycles. The summed E-state index contributed by atoms with van der Waals surface area (Å²) in [5, 5.41) is 9.06. The standard InChI is InChI=1S/C35H40N4O2/c36-20-7-6-12-33-35(41)39(25-27-15-18-29-10-4-5-11-31(29)22-27)21-19-32(38-33)24-37-34(40)23-26-13-16-30(17-14-26)28-8-2-1-3-9-28/h1-5,8-11,13-18,22,32-33,38H,6-7,12,19-21,23-25,36H2,(H,37,40)/t32-,33+/m0/s1. The van der Waals surface area contributed by atoms with Crippen LogP contribution in [0.1, 0.15) is 36.8 Å². The molecule has 41 heavy (non-hydrogen) atoms. The van der Waals surface area contributed by atoms with Gasteiger partial charge >= 0.3 is 0 Å². The summed E-state index contributed by atoms with van der Waals surface area (Å²) in [5.41, 5.74) is 10.1. The van der Waals surface area contributed by atoms with Gasteiger partial charge in [0.1, 0.15) is 0 Å². The number of hydrogen-bond donors (Lipinski definition) is 3. The summed E-state index contributed by atoms with van der Waals surface area (Å²) < 4.78 is 0. The van der Waals surface area contributed by atoms with Crippen LogP contribution in [0.15, 0.2) is 97.1 Å². The molecule has 212 valence electrons. The van der Waals surface area contributed by atoms with Gasteiger partial charge in [0.05, 0.1) is 12.5 Å². The van der Waals surface area contributed by atoms with Crippen molar-refractivity contribution < 1.29 is 9.59 Å². The lowest BCUT2D eigenvalue weighted by Crippen LogP contribution is -2.48. The third kappa shape index (κ3) is 7.81. The van der Waals surface area contributed by atoms with Gasteiger partial charge in [0.25, 0.3) is 0 Å². The summed E-state index contributed by atoms with van der Waals surface area (Å²) in [7, 11) is 0. The lowest BCUT2D eigenvalue weighted by molar-refractivity contribution is -0.133. The molecule has 0 bridgehead atoms. The maximum absolute atomic E-state index is 13.6. The molecule has 1 fully saturated rings. The molecule has 5 rings (SSSR count). The zero-order valence-corrected chi connectivity index (χ0v) is 23.6. The fraction of sp³-hybridized carbons (Fsp3) is 0.314. The molecular weight excluding hydrogens is 508 g/mol. The second-order valence-corrected chi connectivity index (χ2v) is 11.0. The van der Waals surface area contributed by atoms with Gasteiger partial charge < -0.3 is 21.3 Å². The largest absolute Gasteiger partial charge is 0.354 e. The fourth-order valence-electron chi connectivity index (χ4n) is 5.59. The molecule has 4 aromatic carbocycles. The number of carbonyl (C=O) groups excluding carboxylic acids is 2. The zero-order chi connectivity index (χ0) is 28.4. The van der Waals surface area contributed by atoms with Crippen molar-refractivity contribution in [2.45, 2.75) is 50.7 Å². The lowest BCUT2D eigenvalue weighted by Gasteiger charge is -2.25. The maximum atomic E-state index is 13.6. The van der Waals surface area contributed by atoms with Gasteiger partial charge in [-0.1, -0.05) is 97.4 Å². The number of carbonyl (C=O) groups is 2. The number of unbranched alkanes of at least 4 members (excludes halogenated alkanes) is 1. The summed E-state index contributed by atoms with van der Waals surface area (Å²) in [6.45, 7) is 2.34. The predicted octanol–water partition coefficient (Wildman–Crippen LogP) is 5.05. The van der Waals surface area contributed by atoms with Crippen LogP contribution in [0.5, 0.6) is 0 Å². The van der Waals surface area contributed by atoms with Crippen molar-refractivity contribution in [3.05, 3.63) is 108 Å².